The van der Waals surface area contributed by atoms with Crippen LogP contribution < -0.4 is 4.74 Å². The third-order valence-corrected chi connectivity index (χ3v) is 1.68. The molecule has 72 valence electrons. The number of esters is 1. The van der Waals surface area contributed by atoms with Gasteiger partial charge in [-0.15, -0.1) is 0 Å². The number of benzene rings is 1. The van der Waals surface area contributed by atoms with Crippen molar-refractivity contribution in [3.8, 4) is 5.75 Å². The number of para-hydroxylation sites is 1. The molecule has 0 aliphatic heterocycles. The summed E-state index contributed by atoms with van der Waals surface area (Å²) in [5.74, 6) is 1.36. The van der Waals surface area contributed by atoms with E-state index in [4.69, 9.17) is 4.74 Å². The van der Waals surface area contributed by atoms with Crippen molar-refractivity contribution in [2.45, 2.75) is 13.3 Å². The summed E-state index contributed by atoms with van der Waals surface area (Å²) in [5.41, 5.74) is 0.0221. The monoisotopic (exact) mass is 190 g/mol. The minimum atomic E-state index is -0.631. The summed E-state index contributed by atoms with van der Waals surface area (Å²) in [6.07, 6.45) is 0.329. The van der Waals surface area contributed by atoms with Crippen molar-refractivity contribution in [1.82, 2.24) is 0 Å². The SMILES string of the molecule is CCC(=C=O)C(=O)Oc1ccccc1. The zero-order chi connectivity index (χ0) is 10.4. The van der Waals surface area contributed by atoms with Crippen LogP contribution in [0.15, 0.2) is 35.9 Å². The zero-order valence-corrected chi connectivity index (χ0v) is 7.82. The largest absolute Gasteiger partial charge is 0.423 e. The third-order valence-electron chi connectivity index (χ3n) is 1.68. The van der Waals surface area contributed by atoms with Crippen LogP contribution in [-0.4, -0.2) is 11.9 Å². The van der Waals surface area contributed by atoms with Gasteiger partial charge in [-0.3, -0.25) is 0 Å². The fraction of sp³-hybridized carbons (Fsp3) is 0.182. The van der Waals surface area contributed by atoms with Gasteiger partial charge >= 0.3 is 5.97 Å². The van der Waals surface area contributed by atoms with E-state index in [9.17, 15) is 9.59 Å². The van der Waals surface area contributed by atoms with Crippen LogP contribution in [0.2, 0.25) is 0 Å². The number of hydrogen-bond acceptors (Lipinski definition) is 3. The van der Waals surface area contributed by atoms with Crippen molar-refractivity contribution in [1.29, 1.82) is 0 Å². The van der Waals surface area contributed by atoms with E-state index in [-0.39, 0.29) is 5.57 Å². The molecule has 0 amide bonds. The number of hydrogen-bond donors (Lipinski definition) is 0. The lowest BCUT2D eigenvalue weighted by atomic mass is 10.2. The number of carbonyl (C=O) groups is 1. The Morgan fingerprint density at radius 1 is 1.36 bits per heavy atom. The molecule has 0 aliphatic rings. The van der Waals surface area contributed by atoms with Gasteiger partial charge in [-0.25, -0.2) is 9.59 Å². The van der Waals surface area contributed by atoms with Crippen molar-refractivity contribution in [2.24, 2.45) is 0 Å². The predicted molar refractivity (Wildman–Crippen MR) is 51.6 cm³/mol. The molecule has 0 heterocycles. The summed E-state index contributed by atoms with van der Waals surface area (Å²) in [5, 5.41) is 0. The average Bonchev–Trinajstić information content (AvgIpc) is 2.21. The molecule has 0 saturated heterocycles. The zero-order valence-electron chi connectivity index (χ0n) is 7.82. The van der Waals surface area contributed by atoms with Gasteiger partial charge in [0, 0.05) is 0 Å². The molecule has 1 aromatic rings. The molecular weight excluding hydrogens is 180 g/mol. The van der Waals surface area contributed by atoms with Crippen molar-refractivity contribution >= 4 is 11.9 Å². The van der Waals surface area contributed by atoms with Gasteiger partial charge in [0.2, 0.25) is 0 Å². The molecule has 0 N–H and O–H groups in total. The summed E-state index contributed by atoms with van der Waals surface area (Å²) in [7, 11) is 0. The van der Waals surface area contributed by atoms with Gasteiger partial charge in [0.25, 0.3) is 0 Å². The Labute approximate surface area is 82.0 Å². The summed E-state index contributed by atoms with van der Waals surface area (Å²) in [6, 6.07) is 8.61. The second kappa shape index (κ2) is 5.00. The molecule has 3 heteroatoms. The van der Waals surface area contributed by atoms with E-state index < -0.39 is 5.97 Å². The molecule has 0 radical (unpaired) electrons. The molecular formula is C11H10O3. The van der Waals surface area contributed by atoms with Crippen LogP contribution in [-0.2, 0) is 9.59 Å². The van der Waals surface area contributed by atoms with Gasteiger partial charge in [-0.05, 0) is 18.6 Å². The molecule has 0 fully saturated rings. The van der Waals surface area contributed by atoms with Crippen LogP contribution in [0, 0.1) is 0 Å². The van der Waals surface area contributed by atoms with Crippen molar-refractivity contribution in [3.63, 3.8) is 0 Å². The normalized spacial score (nSPS) is 8.93. The summed E-state index contributed by atoms with van der Waals surface area (Å²) < 4.78 is 4.92. The first-order valence-electron chi connectivity index (χ1n) is 4.29. The molecule has 1 rings (SSSR count). The molecule has 0 unspecified atom stereocenters. The molecule has 0 spiro atoms. The number of rotatable bonds is 3. The van der Waals surface area contributed by atoms with Crippen molar-refractivity contribution in [3.05, 3.63) is 35.9 Å². The Morgan fingerprint density at radius 2 is 2.00 bits per heavy atom. The number of ether oxygens (including phenoxy) is 1. The maximum Gasteiger partial charge on any atom is 0.350 e. The van der Waals surface area contributed by atoms with Crippen LogP contribution in [0.3, 0.4) is 0 Å². The van der Waals surface area contributed by atoms with E-state index >= 15 is 0 Å². The highest BCUT2D eigenvalue weighted by Crippen LogP contribution is 2.10. The van der Waals surface area contributed by atoms with E-state index in [2.05, 4.69) is 0 Å². The molecule has 14 heavy (non-hydrogen) atoms. The Balaban J connectivity index is 2.71. The highest BCUT2D eigenvalue weighted by molar-refractivity contribution is 5.97. The highest BCUT2D eigenvalue weighted by atomic mass is 16.5. The van der Waals surface area contributed by atoms with Crippen LogP contribution in [0.5, 0.6) is 5.75 Å². The minimum absolute atomic E-state index is 0.0221. The third kappa shape index (κ3) is 2.57. The lowest BCUT2D eigenvalue weighted by Crippen LogP contribution is -2.11. The molecule has 0 saturated carbocycles. The van der Waals surface area contributed by atoms with Crippen LogP contribution in [0.1, 0.15) is 13.3 Å². The van der Waals surface area contributed by atoms with Gasteiger partial charge in [-0.2, -0.15) is 0 Å². The topological polar surface area (TPSA) is 43.4 Å². The Hall–Kier alpha value is -1.86. The fourth-order valence-corrected chi connectivity index (χ4v) is 0.915. The van der Waals surface area contributed by atoms with Gasteiger partial charge < -0.3 is 4.74 Å². The Morgan fingerprint density at radius 3 is 2.50 bits per heavy atom. The Kier molecular flexibility index (Phi) is 3.65. The van der Waals surface area contributed by atoms with E-state index in [0.29, 0.717) is 12.2 Å². The summed E-state index contributed by atoms with van der Waals surface area (Å²) in [4.78, 5) is 21.6. The van der Waals surface area contributed by atoms with Gasteiger partial charge in [0.1, 0.15) is 17.3 Å². The fourth-order valence-electron chi connectivity index (χ4n) is 0.915. The van der Waals surface area contributed by atoms with Gasteiger partial charge in [-0.1, -0.05) is 25.1 Å². The lowest BCUT2D eigenvalue weighted by molar-refractivity contribution is -0.130. The van der Waals surface area contributed by atoms with Crippen LogP contribution in [0.25, 0.3) is 0 Å². The highest BCUT2D eigenvalue weighted by Gasteiger charge is 2.10. The van der Waals surface area contributed by atoms with Gasteiger partial charge in [0.15, 0.2) is 0 Å². The first-order chi connectivity index (χ1) is 6.77. The Bertz CT molecular complexity index is 361. The smallest absolute Gasteiger partial charge is 0.350 e. The molecule has 0 bridgehead atoms. The van der Waals surface area contributed by atoms with E-state index in [1.807, 2.05) is 6.07 Å². The lowest BCUT2D eigenvalue weighted by Gasteiger charge is -2.02. The van der Waals surface area contributed by atoms with Crippen molar-refractivity contribution < 1.29 is 14.3 Å². The quantitative estimate of drug-likeness (QED) is 0.315. The van der Waals surface area contributed by atoms with Crippen LogP contribution >= 0.6 is 0 Å². The summed E-state index contributed by atoms with van der Waals surface area (Å²) in [6.45, 7) is 1.70. The summed E-state index contributed by atoms with van der Waals surface area (Å²) >= 11 is 0. The second-order valence-electron chi connectivity index (χ2n) is 2.64. The van der Waals surface area contributed by atoms with E-state index in [0.717, 1.165) is 0 Å². The minimum Gasteiger partial charge on any atom is -0.423 e. The van der Waals surface area contributed by atoms with Crippen molar-refractivity contribution in [2.75, 3.05) is 0 Å². The van der Waals surface area contributed by atoms with E-state index in [1.54, 1.807) is 37.1 Å². The molecule has 1 aromatic carbocycles. The first-order valence-corrected chi connectivity index (χ1v) is 4.29. The molecule has 0 atom stereocenters. The van der Waals surface area contributed by atoms with E-state index in [1.165, 1.54) is 0 Å². The second-order valence-corrected chi connectivity index (χ2v) is 2.64. The standard InChI is InChI=1S/C11H10O3/c1-2-9(8-12)11(13)14-10-6-4-3-5-7-10/h3-7H,2H2,1H3. The maximum atomic E-state index is 11.3. The molecule has 0 aliphatic carbocycles. The number of carbonyl (C=O) groups excluding carboxylic acids is 2. The van der Waals surface area contributed by atoms with Gasteiger partial charge in [0.05, 0.1) is 0 Å². The first kappa shape index (κ1) is 10.2. The maximum absolute atomic E-state index is 11.3. The van der Waals surface area contributed by atoms with Crippen LogP contribution in [0.4, 0.5) is 0 Å². The molecule has 3 nitrogen and oxygen atoms in total. The molecule has 0 aromatic heterocycles. The predicted octanol–water partition coefficient (Wildman–Crippen LogP) is 1.76. The average molecular weight is 190 g/mol.